The predicted octanol–water partition coefficient (Wildman–Crippen LogP) is 5.38. The van der Waals surface area contributed by atoms with Crippen LogP contribution in [0, 0.1) is 5.82 Å². The van der Waals surface area contributed by atoms with Gasteiger partial charge in [0, 0.05) is 27.7 Å². The SMILES string of the molecule is C[C@H](c1nnc(-c2cccc(Cl)c2)o1)N(C)Cc1c(F)cccc1Cl. The molecule has 1 aromatic heterocycles. The van der Waals surface area contributed by atoms with Crippen LogP contribution in [0.25, 0.3) is 11.5 Å². The summed E-state index contributed by atoms with van der Waals surface area (Å²) in [5.74, 6) is 0.489. The van der Waals surface area contributed by atoms with Gasteiger partial charge in [-0.3, -0.25) is 4.90 Å². The van der Waals surface area contributed by atoms with E-state index in [0.29, 0.717) is 33.9 Å². The van der Waals surface area contributed by atoms with Gasteiger partial charge in [-0.05, 0) is 44.3 Å². The topological polar surface area (TPSA) is 42.2 Å². The van der Waals surface area contributed by atoms with Gasteiger partial charge in [-0.15, -0.1) is 10.2 Å². The number of hydrogen-bond donors (Lipinski definition) is 0. The normalized spacial score (nSPS) is 12.6. The Morgan fingerprint density at radius 3 is 2.64 bits per heavy atom. The summed E-state index contributed by atoms with van der Waals surface area (Å²) in [5, 5.41) is 9.16. The summed E-state index contributed by atoms with van der Waals surface area (Å²) in [4.78, 5) is 1.89. The lowest BCUT2D eigenvalue weighted by Crippen LogP contribution is -2.23. The van der Waals surface area contributed by atoms with Crippen LogP contribution in [0.4, 0.5) is 4.39 Å². The molecule has 0 N–H and O–H groups in total. The summed E-state index contributed by atoms with van der Waals surface area (Å²) in [6.45, 7) is 2.23. The first-order valence-corrected chi connectivity index (χ1v) is 8.43. The van der Waals surface area contributed by atoms with Crippen molar-refractivity contribution >= 4 is 23.2 Å². The molecule has 0 spiro atoms. The molecule has 130 valence electrons. The summed E-state index contributed by atoms with van der Waals surface area (Å²) in [5.41, 5.74) is 1.19. The zero-order valence-corrected chi connectivity index (χ0v) is 15.2. The molecule has 0 bridgehead atoms. The molecule has 0 aliphatic rings. The fourth-order valence-corrected chi connectivity index (χ4v) is 2.81. The molecule has 3 aromatic rings. The number of aromatic nitrogens is 2. The van der Waals surface area contributed by atoms with Crippen molar-refractivity contribution in [1.29, 1.82) is 0 Å². The van der Waals surface area contributed by atoms with Crippen LogP contribution in [0.2, 0.25) is 10.0 Å². The molecule has 4 nitrogen and oxygen atoms in total. The Hall–Kier alpha value is -1.95. The Balaban J connectivity index is 1.78. The Bertz CT molecular complexity index is 864. The standard InChI is InChI=1S/C18H16Cl2FN3O/c1-11(24(2)10-14-15(20)7-4-8-16(14)21)17-22-23-18(25-17)12-5-3-6-13(19)9-12/h3-9,11H,10H2,1-2H3/t11-/m1/s1. The van der Waals surface area contributed by atoms with Gasteiger partial charge in [0.15, 0.2) is 0 Å². The molecule has 1 atom stereocenters. The molecule has 0 aliphatic heterocycles. The Kier molecular flexibility index (Phi) is 5.37. The van der Waals surface area contributed by atoms with Crippen LogP contribution in [0.3, 0.4) is 0 Å². The van der Waals surface area contributed by atoms with E-state index >= 15 is 0 Å². The highest BCUT2D eigenvalue weighted by molar-refractivity contribution is 6.31. The van der Waals surface area contributed by atoms with Gasteiger partial charge < -0.3 is 4.42 Å². The molecule has 7 heteroatoms. The van der Waals surface area contributed by atoms with E-state index in [9.17, 15) is 4.39 Å². The predicted molar refractivity (Wildman–Crippen MR) is 96.0 cm³/mol. The van der Waals surface area contributed by atoms with Crippen molar-refractivity contribution in [3.8, 4) is 11.5 Å². The van der Waals surface area contributed by atoms with E-state index in [2.05, 4.69) is 10.2 Å². The maximum atomic E-state index is 14.0. The van der Waals surface area contributed by atoms with Crippen molar-refractivity contribution in [3.63, 3.8) is 0 Å². The first-order valence-electron chi connectivity index (χ1n) is 7.68. The van der Waals surface area contributed by atoms with Gasteiger partial charge >= 0.3 is 0 Å². The van der Waals surface area contributed by atoms with Gasteiger partial charge in [-0.2, -0.15) is 0 Å². The summed E-state index contributed by atoms with van der Waals surface area (Å²) < 4.78 is 19.7. The van der Waals surface area contributed by atoms with Crippen molar-refractivity contribution < 1.29 is 8.81 Å². The Morgan fingerprint density at radius 2 is 1.92 bits per heavy atom. The van der Waals surface area contributed by atoms with Crippen LogP contribution in [0.15, 0.2) is 46.9 Å². The molecule has 3 rings (SSSR count). The highest BCUT2D eigenvalue weighted by Gasteiger charge is 2.21. The monoisotopic (exact) mass is 379 g/mol. The quantitative estimate of drug-likeness (QED) is 0.596. The van der Waals surface area contributed by atoms with Crippen molar-refractivity contribution in [2.24, 2.45) is 0 Å². The van der Waals surface area contributed by atoms with Gasteiger partial charge in [0.05, 0.1) is 6.04 Å². The van der Waals surface area contributed by atoms with Crippen LogP contribution in [0.1, 0.15) is 24.4 Å². The fourth-order valence-electron chi connectivity index (χ4n) is 2.40. The second-order valence-corrected chi connectivity index (χ2v) is 6.59. The van der Waals surface area contributed by atoms with E-state index in [4.69, 9.17) is 27.6 Å². The number of nitrogens with zero attached hydrogens (tertiary/aromatic N) is 3. The van der Waals surface area contributed by atoms with Crippen LogP contribution in [-0.4, -0.2) is 22.1 Å². The Morgan fingerprint density at radius 1 is 1.16 bits per heavy atom. The number of rotatable bonds is 5. The van der Waals surface area contributed by atoms with E-state index in [1.807, 2.05) is 31.0 Å². The van der Waals surface area contributed by atoms with Crippen molar-refractivity contribution in [2.75, 3.05) is 7.05 Å². The average molecular weight is 380 g/mol. The molecule has 2 aromatic carbocycles. The third-order valence-electron chi connectivity index (χ3n) is 4.00. The van der Waals surface area contributed by atoms with E-state index in [-0.39, 0.29) is 11.9 Å². The number of halogens is 3. The smallest absolute Gasteiger partial charge is 0.247 e. The second-order valence-electron chi connectivity index (χ2n) is 5.75. The first-order chi connectivity index (χ1) is 12.0. The fraction of sp³-hybridized carbons (Fsp3) is 0.222. The van der Waals surface area contributed by atoms with Crippen LogP contribution < -0.4 is 0 Å². The highest BCUT2D eigenvalue weighted by atomic mass is 35.5. The molecular weight excluding hydrogens is 364 g/mol. The lowest BCUT2D eigenvalue weighted by Gasteiger charge is -2.22. The zero-order chi connectivity index (χ0) is 18.0. The summed E-state index contributed by atoms with van der Waals surface area (Å²) >= 11 is 12.1. The summed E-state index contributed by atoms with van der Waals surface area (Å²) in [7, 11) is 1.84. The largest absolute Gasteiger partial charge is 0.419 e. The summed E-state index contributed by atoms with van der Waals surface area (Å²) in [6.07, 6.45) is 0. The van der Waals surface area contributed by atoms with Gasteiger partial charge in [0.25, 0.3) is 0 Å². The molecular formula is C18H16Cl2FN3O. The minimum absolute atomic E-state index is 0.212. The van der Waals surface area contributed by atoms with Gasteiger partial charge in [0.1, 0.15) is 5.82 Å². The van der Waals surface area contributed by atoms with Gasteiger partial charge in [-0.25, -0.2) is 4.39 Å². The van der Waals surface area contributed by atoms with Gasteiger partial charge in [0.2, 0.25) is 11.8 Å². The number of benzene rings is 2. The van der Waals surface area contributed by atoms with Crippen LogP contribution in [0.5, 0.6) is 0 Å². The Labute approximate surface area is 155 Å². The lowest BCUT2D eigenvalue weighted by atomic mass is 10.1. The molecule has 0 aliphatic carbocycles. The summed E-state index contributed by atoms with van der Waals surface area (Å²) in [6, 6.07) is 11.6. The second kappa shape index (κ2) is 7.52. The highest BCUT2D eigenvalue weighted by Crippen LogP contribution is 2.27. The molecule has 0 amide bonds. The molecule has 0 unspecified atom stereocenters. The minimum atomic E-state index is -0.336. The van der Waals surface area contributed by atoms with Crippen molar-refractivity contribution in [2.45, 2.75) is 19.5 Å². The average Bonchev–Trinajstić information content (AvgIpc) is 3.07. The minimum Gasteiger partial charge on any atom is -0.419 e. The third kappa shape index (κ3) is 4.00. The van der Waals surface area contributed by atoms with E-state index < -0.39 is 0 Å². The van der Waals surface area contributed by atoms with Crippen molar-refractivity contribution in [1.82, 2.24) is 15.1 Å². The van der Waals surface area contributed by atoms with E-state index in [0.717, 1.165) is 5.56 Å². The van der Waals surface area contributed by atoms with E-state index in [1.54, 1.807) is 24.3 Å². The third-order valence-corrected chi connectivity index (χ3v) is 4.59. The van der Waals surface area contributed by atoms with Crippen LogP contribution in [-0.2, 0) is 6.54 Å². The molecule has 0 radical (unpaired) electrons. The maximum absolute atomic E-state index is 14.0. The molecule has 0 fully saturated rings. The maximum Gasteiger partial charge on any atom is 0.247 e. The van der Waals surface area contributed by atoms with E-state index in [1.165, 1.54) is 6.07 Å². The first kappa shape index (κ1) is 17.9. The zero-order valence-electron chi connectivity index (χ0n) is 13.7. The van der Waals surface area contributed by atoms with Crippen molar-refractivity contribution in [3.05, 3.63) is 69.8 Å². The molecule has 0 saturated carbocycles. The number of hydrogen-bond acceptors (Lipinski definition) is 4. The molecule has 25 heavy (non-hydrogen) atoms. The molecule has 1 heterocycles. The molecule has 0 saturated heterocycles. The van der Waals surface area contributed by atoms with Crippen LogP contribution >= 0.6 is 23.2 Å². The lowest BCUT2D eigenvalue weighted by molar-refractivity contribution is 0.215. The van der Waals surface area contributed by atoms with Gasteiger partial charge in [-0.1, -0.05) is 35.3 Å².